The summed E-state index contributed by atoms with van der Waals surface area (Å²) in [4.78, 5) is 0. The quantitative estimate of drug-likeness (QED) is 0.239. The Morgan fingerprint density at radius 3 is 2.20 bits per heavy atom. The lowest BCUT2D eigenvalue weighted by Gasteiger charge is -2.19. The van der Waals surface area contributed by atoms with Gasteiger partial charge in [0.25, 0.3) is 0 Å². The first kappa shape index (κ1) is 20.8. The van der Waals surface area contributed by atoms with Gasteiger partial charge in [-0.15, -0.1) is 0 Å². The highest BCUT2D eigenvalue weighted by Crippen LogP contribution is 2.53. The van der Waals surface area contributed by atoms with Crippen LogP contribution >= 0.6 is 23.2 Å². The molecule has 0 aromatic heterocycles. The molecule has 2 atom stereocenters. The maximum atomic E-state index is 6.90. The highest BCUT2D eigenvalue weighted by molar-refractivity contribution is 6.38. The Bertz CT molecular complexity index is 1700. The summed E-state index contributed by atoms with van der Waals surface area (Å²) in [6.45, 7) is 0. The van der Waals surface area contributed by atoms with Gasteiger partial charge < -0.3 is 4.74 Å². The summed E-state index contributed by atoms with van der Waals surface area (Å²) in [5, 5.41) is 5.85. The molecular formula is C32H20Cl2O. The van der Waals surface area contributed by atoms with Crippen molar-refractivity contribution in [3.05, 3.63) is 125 Å². The lowest BCUT2D eigenvalue weighted by Crippen LogP contribution is -2.15. The van der Waals surface area contributed by atoms with Crippen LogP contribution in [0.5, 0.6) is 5.75 Å². The first-order chi connectivity index (χ1) is 17.2. The number of rotatable bonds is 2. The zero-order chi connectivity index (χ0) is 23.5. The Morgan fingerprint density at radius 1 is 0.629 bits per heavy atom. The third-order valence-electron chi connectivity index (χ3n) is 7.12. The predicted octanol–water partition coefficient (Wildman–Crippen LogP) is 9.60. The van der Waals surface area contributed by atoms with Crippen molar-refractivity contribution in [3.63, 3.8) is 0 Å². The highest BCUT2D eigenvalue weighted by Gasteiger charge is 2.37. The van der Waals surface area contributed by atoms with Gasteiger partial charge in [-0.05, 0) is 57.6 Å². The maximum Gasteiger partial charge on any atom is 0.132 e. The number of fused-ring (bicyclic) bond motifs is 6. The molecule has 168 valence electrons. The summed E-state index contributed by atoms with van der Waals surface area (Å²) in [7, 11) is 0. The molecule has 3 heteroatoms. The molecule has 0 N–H and O–H groups in total. The molecule has 1 aliphatic carbocycles. The van der Waals surface area contributed by atoms with Crippen molar-refractivity contribution in [2.75, 3.05) is 0 Å². The molecule has 0 amide bonds. The monoisotopic (exact) mass is 490 g/mol. The van der Waals surface area contributed by atoms with E-state index in [2.05, 4.69) is 85.0 Å². The Kier molecular flexibility index (Phi) is 4.77. The van der Waals surface area contributed by atoms with Crippen LogP contribution in [0.2, 0.25) is 10.0 Å². The van der Waals surface area contributed by atoms with E-state index in [4.69, 9.17) is 27.9 Å². The van der Waals surface area contributed by atoms with Gasteiger partial charge in [0, 0.05) is 38.0 Å². The third-order valence-corrected chi connectivity index (χ3v) is 7.76. The minimum Gasteiger partial charge on any atom is -0.484 e. The van der Waals surface area contributed by atoms with Crippen LogP contribution in [0.15, 0.2) is 109 Å². The minimum atomic E-state index is -0.0398. The number of allylic oxidation sites excluding steroid dienone is 2. The largest absolute Gasteiger partial charge is 0.484 e. The lowest BCUT2D eigenvalue weighted by molar-refractivity contribution is 0.270. The zero-order valence-electron chi connectivity index (χ0n) is 18.7. The molecule has 0 saturated heterocycles. The SMILES string of the molecule is Clc1cc2ccccc2cc1-c1ccc(Cl)c2cc(-c3ccccc3)c3c(c12)C1C=CC=CC1O3. The molecule has 35 heavy (non-hydrogen) atoms. The molecule has 2 unspecified atom stereocenters. The fourth-order valence-corrected chi connectivity index (χ4v) is 6.00. The fraction of sp³-hybridized carbons (Fsp3) is 0.0625. The van der Waals surface area contributed by atoms with Crippen LogP contribution in [0.25, 0.3) is 43.8 Å². The van der Waals surface area contributed by atoms with Crippen molar-refractivity contribution in [3.8, 4) is 28.0 Å². The molecule has 0 bridgehead atoms. The van der Waals surface area contributed by atoms with Gasteiger partial charge in [0.2, 0.25) is 0 Å². The van der Waals surface area contributed by atoms with E-state index in [1.165, 1.54) is 5.56 Å². The summed E-state index contributed by atoms with van der Waals surface area (Å²) in [5.41, 5.74) is 5.42. The summed E-state index contributed by atoms with van der Waals surface area (Å²) in [5.74, 6) is 1.04. The summed E-state index contributed by atoms with van der Waals surface area (Å²) in [6, 6.07) is 29.2. The van der Waals surface area contributed by atoms with Crippen molar-refractivity contribution < 1.29 is 4.74 Å². The first-order valence-corrected chi connectivity index (χ1v) is 12.5. The fourth-order valence-electron chi connectivity index (χ4n) is 5.51. The van der Waals surface area contributed by atoms with Crippen LogP contribution in [0.4, 0.5) is 0 Å². The van der Waals surface area contributed by atoms with Gasteiger partial charge in [0.15, 0.2) is 0 Å². The van der Waals surface area contributed by atoms with Gasteiger partial charge in [-0.3, -0.25) is 0 Å². The highest BCUT2D eigenvalue weighted by atomic mass is 35.5. The molecule has 1 heterocycles. The normalized spacial score (nSPS) is 18.0. The predicted molar refractivity (Wildman–Crippen MR) is 148 cm³/mol. The van der Waals surface area contributed by atoms with Crippen molar-refractivity contribution in [1.29, 1.82) is 0 Å². The van der Waals surface area contributed by atoms with E-state index in [1.54, 1.807) is 0 Å². The number of hydrogen-bond acceptors (Lipinski definition) is 1. The van der Waals surface area contributed by atoms with E-state index in [0.717, 1.165) is 59.6 Å². The zero-order valence-corrected chi connectivity index (χ0v) is 20.2. The van der Waals surface area contributed by atoms with Gasteiger partial charge >= 0.3 is 0 Å². The Balaban J connectivity index is 1.60. The number of ether oxygens (including phenoxy) is 1. The number of hydrogen-bond donors (Lipinski definition) is 0. The van der Waals surface area contributed by atoms with Crippen molar-refractivity contribution in [1.82, 2.24) is 0 Å². The molecule has 0 radical (unpaired) electrons. The van der Waals surface area contributed by atoms with E-state index in [1.807, 2.05) is 24.3 Å². The van der Waals surface area contributed by atoms with Crippen LogP contribution in [-0.4, -0.2) is 6.10 Å². The van der Waals surface area contributed by atoms with Gasteiger partial charge in [0.1, 0.15) is 11.9 Å². The van der Waals surface area contributed by atoms with Crippen LogP contribution in [-0.2, 0) is 0 Å². The average molecular weight is 491 g/mol. The van der Waals surface area contributed by atoms with E-state index in [9.17, 15) is 0 Å². The second kappa shape index (κ2) is 8.02. The minimum absolute atomic E-state index is 0.0398. The standard InChI is InChI=1S/C32H20Cl2O/c33-27-15-14-22(25-16-20-10-4-5-11-21(20)17-28(25)34)30-26(27)18-24(19-8-2-1-3-9-19)32-31(30)23-12-6-7-13-29(23)35-32/h1-18,23,29H. The Labute approximate surface area is 213 Å². The summed E-state index contributed by atoms with van der Waals surface area (Å²) in [6.07, 6.45) is 8.50. The molecule has 5 aromatic carbocycles. The third kappa shape index (κ3) is 3.23. The van der Waals surface area contributed by atoms with Crippen LogP contribution in [0.3, 0.4) is 0 Å². The Hall–Kier alpha value is -3.52. The second-order valence-corrected chi connectivity index (χ2v) is 9.92. The van der Waals surface area contributed by atoms with Crippen molar-refractivity contribution in [2.45, 2.75) is 12.0 Å². The summed E-state index contributed by atoms with van der Waals surface area (Å²) < 4.78 is 6.62. The van der Waals surface area contributed by atoms with Gasteiger partial charge in [0.05, 0.1) is 0 Å². The molecule has 1 nitrogen and oxygen atoms in total. The van der Waals surface area contributed by atoms with E-state index in [-0.39, 0.29) is 12.0 Å². The maximum absolute atomic E-state index is 6.90. The summed E-state index contributed by atoms with van der Waals surface area (Å²) >= 11 is 13.8. The number of benzene rings is 5. The van der Waals surface area contributed by atoms with Crippen LogP contribution < -0.4 is 4.74 Å². The van der Waals surface area contributed by atoms with Crippen molar-refractivity contribution in [2.24, 2.45) is 0 Å². The van der Waals surface area contributed by atoms with Gasteiger partial charge in [-0.2, -0.15) is 0 Å². The Morgan fingerprint density at radius 2 is 1.37 bits per heavy atom. The van der Waals surface area contributed by atoms with Crippen LogP contribution in [0.1, 0.15) is 11.5 Å². The lowest BCUT2D eigenvalue weighted by atomic mass is 9.83. The molecule has 0 fully saturated rings. The van der Waals surface area contributed by atoms with E-state index in [0.29, 0.717) is 0 Å². The average Bonchev–Trinajstić information content (AvgIpc) is 3.29. The molecule has 0 spiro atoms. The molecular weight excluding hydrogens is 471 g/mol. The molecule has 7 rings (SSSR count). The molecule has 0 saturated carbocycles. The number of halogens is 2. The topological polar surface area (TPSA) is 9.23 Å². The second-order valence-electron chi connectivity index (χ2n) is 9.11. The van der Waals surface area contributed by atoms with E-state index < -0.39 is 0 Å². The van der Waals surface area contributed by atoms with E-state index >= 15 is 0 Å². The molecule has 5 aromatic rings. The smallest absolute Gasteiger partial charge is 0.132 e. The van der Waals surface area contributed by atoms with Gasteiger partial charge in [-0.1, -0.05) is 102 Å². The van der Waals surface area contributed by atoms with Gasteiger partial charge in [-0.25, -0.2) is 0 Å². The molecule has 1 aliphatic heterocycles. The van der Waals surface area contributed by atoms with Crippen molar-refractivity contribution >= 4 is 44.7 Å². The molecule has 2 aliphatic rings. The van der Waals surface area contributed by atoms with Crippen LogP contribution in [0, 0.1) is 0 Å². The first-order valence-electron chi connectivity index (χ1n) is 11.7.